The third kappa shape index (κ3) is 3.59. The van der Waals surface area contributed by atoms with Gasteiger partial charge in [-0.3, -0.25) is 4.90 Å². The van der Waals surface area contributed by atoms with Gasteiger partial charge in [0, 0.05) is 40.8 Å². The van der Waals surface area contributed by atoms with E-state index in [1.807, 2.05) is 6.07 Å². The first kappa shape index (κ1) is 22.6. The minimum Gasteiger partial charge on any atom is -0.504 e. The van der Waals surface area contributed by atoms with Crippen LogP contribution >= 0.6 is 0 Å². The maximum atomic E-state index is 12.6. The van der Waals surface area contributed by atoms with Crippen LogP contribution in [0.2, 0.25) is 0 Å². The Morgan fingerprint density at radius 2 is 2.12 bits per heavy atom. The summed E-state index contributed by atoms with van der Waals surface area (Å²) in [7, 11) is 4.75. The van der Waals surface area contributed by atoms with Crippen LogP contribution in [0.15, 0.2) is 47.0 Å². The molecule has 1 saturated heterocycles. The molecule has 2 aliphatic heterocycles. The maximum absolute atomic E-state index is 12.6. The normalized spacial score (nSPS) is 22.8. The summed E-state index contributed by atoms with van der Waals surface area (Å²) in [5.74, 6) is 1.00. The Balaban J connectivity index is 1.59. The zero-order chi connectivity index (χ0) is 23.8. The molecule has 0 amide bonds. The zero-order valence-corrected chi connectivity index (χ0v) is 20.2. The fourth-order valence-corrected chi connectivity index (χ4v) is 6.01. The highest BCUT2D eigenvalue weighted by Crippen LogP contribution is 2.48. The lowest BCUT2D eigenvalue weighted by atomic mass is 9.74. The Labute approximate surface area is 199 Å². The van der Waals surface area contributed by atoms with Gasteiger partial charge < -0.3 is 23.6 Å². The van der Waals surface area contributed by atoms with E-state index >= 15 is 0 Å². The molecule has 180 valence electrons. The minimum atomic E-state index is -0.308. The monoisotopic (exact) mass is 464 g/mol. The molecule has 3 aromatic rings. The second kappa shape index (κ2) is 9.22. The topological polar surface area (TPSA) is 76.9 Å². The number of esters is 1. The van der Waals surface area contributed by atoms with Gasteiger partial charge in [0.25, 0.3) is 0 Å². The maximum Gasteiger partial charge on any atom is 0.337 e. The number of carbonyl (C=O) groups is 1. The van der Waals surface area contributed by atoms with E-state index in [4.69, 9.17) is 18.6 Å². The van der Waals surface area contributed by atoms with E-state index in [1.54, 1.807) is 33.0 Å². The Hall–Kier alpha value is -3.19. The van der Waals surface area contributed by atoms with Crippen molar-refractivity contribution in [2.45, 2.75) is 32.2 Å². The van der Waals surface area contributed by atoms with Crippen LogP contribution in [0.25, 0.3) is 22.0 Å². The Morgan fingerprint density at radius 3 is 2.79 bits per heavy atom. The molecule has 5 rings (SSSR count). The summed E-state index contributed by atoms with van der Waals surface area (Å²) < 4.78 is 21.7. The van der Waals surface area contributed by atoms with Crippen molar-refractivity contribution in [1.82, 2.24) is 9.88 Å². The van der Waals surface area contributed by atoms with Crippen LogP contribution in [0.4, 0.5) is 0 Å². The summed E-state index contributed by atoms with van der Waals surface area (Å²) >= 11 is 0. The van der Waals surface area contributed by atoms with Gasteiger partial charge in [0.05, 0.1) is 51.7 Å². The molecule has 1 fully saturated rings. The van der Waals surface area contributed by atoms with Crippen LogP contribution in [-0.4, -0.2) is 50.3 Å². The molecule has 2 aromatic heterocycles. The van der Waals surface area contributed by atoms with Gasteiger partial charge in [0.1, 0.15) is 5.75 Å². The van der Waals surface area contributed by atoms with Crippen molar-refractivity contribution in [3.05, 3.63) is 53.8 Å². The molecule has 3 atom stereocenters. The number of aromatic nitrogens is 1. The number of nitrogens with zero attached hydrogens (tertiary/aromatic N) is 1. The summed E-state index contributed by atoms with van der Waals surface area (Å²) in [6.07, 6.45) is 7.78. The minimum absolute atomic E-state index is 0.0689. The quantitative estimate of drug-likeness (QED) is 0.311. The largest absolute Gasteiger partial charge is 0.504 e. The lowest BCUT2D eigenvalue weighted by molar-refractivity contribution is -0.137. The van der Waals surface area contributed by atoms with Crippen molar-refractivity contribution < 1.29 is 23.4 Å². The number of furan rings is 1. The molecular weight excluding hydrogens is 432 g/mol. The number of ether oxygens (including phenoxy) is 3. The molecule has 0 bridgehead atoms. The number of piperidine rings is 1. The van der Waals surface area contributed by atoms with Crippen molar-refractivity contribution in [3.63, 3.8) is 0 Å². The van der Waals surface area contributed by atoms with E-state index < -0.39 is 0 Å². The number of rotatable bonds is 6. The first-order chi connectivity index (χ1) is 16.6. The highest BCUT2D eigenvalue weighted by atomic mass is 16.5. The summed E-state index contributed by atoms with van der Waals surface area (Å²) in [6, 6.07) is 6.36. The lowest BCUT2D eigenvalue weighted by Crippen LogP contribution is -2.47. The summed E-state index contributed by atoms with van der Waals surface area (Å²) in [5.41, 5.74) is 6.26. The van der Waals surface area contributed by atoms with Crippen molar-refractivity contribution in [1.29, 1.82) is 0 Å². The third-order valence-corrected chi connectivity index (χ3v) is 7.62. The van der Waals surface area contributed by atoms with Gasteiger partial charge in [-0.05, 0) is 48.4 Å². The van der Waals surface area contributed by atoms with Crippen molar-refractivity contribution in [2.75, 3.05) is 34.4 Å². The van der Waals surface area contributed by atoms with Crippen LogP contribution in [-0.2, 0) is 20.7 Å². The highest BCUT2D eigenvalue weighted by Gasteiger charge is 2.43. The van der Waals surface area contributed by atoms with Gasteiger partial charge in [-0.2, -0.15) is 0 Å². The molecule has 1 aromatic carbocycles. The molecule has 0 saturated carbocycles. The van der Waals surface area contributed by atoms with Crippen LogP contribution < -0.4 is 4.74 Å². The number of fused-ring (bicyclic) bond motifs is 5. The molecule has 1 N–H and O–H groups in total. The molecule has 4 heterocycles. The summed E-state index contributed by atoms with van der Waals surface area (Å²) in [4.78, 5) is 18.9. The van der Waals surface area contributed by atoms with E-state index in [1.165, 1.54) is 18.4 Å². The van der Waals surface area contributed by atoms with E-state index in [0.29, 0.717) is 11.5 Å². The number of aromatic amines is 1. The molecule has 7 heteroatoms. The third-order valence-electron chi connectivity index (χ3n) is 7.62. The van der Waals surface area contributed by atoms with Crippen molar-refractivity contribution >= 4 is 16.9 Å². The molecule has 2 aliphatic rings. The summed E-state index contributed by atoms with van der Waals surface area (Å²) in [5, 5.41) is 1.14. The molecule has 0 spiro atoms. The van der Waals surface area contributed by atoms with Gasteiger partial charge in [0.2, 0.25) is 0 Å². The van der Waals surface area contributed by atoms with E-state index in [-0.39, 0.29) is 17.9 Å². The number of hydrogen-bond donors (Lipinski definition) is 1. The molecule has 7 nitrogen and oxygen atoms in total. The van der Waals surface area contributed by atoms with Gasteiger partial charge >= 0.3 is 5.97 Å². The standard InChI is InChI=1S/C27H32N2O5/c1-5-16-13-29-10-8-19-24-22(7-6-18(26(24)32-3)17-9-11-34-14-17)28-25(19)23(29)12-20(16)21(15-31-2)27(30)33-4/h6-7,9,11,14-16,20,23,28H,5,8,10,12-13H2,1-4H3/b21-15+/t16-,20+,23+/m1/s1. The number of carbonyl (C=O) groups excluding carboxylic acids is 1. The van der Waals surface area contributed by atoms with Gasteiger partial charge in [0.15, 0.2) is 0 Å². The molecular formula is C27H32N2O5. The van der Waals surface area contributed by atoms with Gasteiger partial charge in [-0.15, -0.1) is 0 Å². The van der Waals surface area contributed by atoms with Crippen LogP contribution in [0, 0.1) is 11.8 Å². The van der Waals surface area contributed by atoms with E-state index in [9.17, 15) is 4.79 Å². The van der Waals surface area contributed by atoms with Crippen LogP contribution in [0.3, 0.4) is 0 Å². The molecule has 34 heavy (non-hydrogen) atoms. The smallest absolute Gasteiger partial charge is 0.337 e. The number of methoxy groups -OCH3 is 3. The average Bonchev–Trinajstić information content (AvgIpc) is 3.53. The predicted octanol–water partition coefficient (Wildman–Crippen LogP) is 5.09. The Kier molecular flexibility index (Phi) is 6.13. The average molecular weight is 465 g/mol. The molecule has 0 aliphatic carbocycles. The number of H-pyrrole nitrogens is 1. The van der Waals surface area contributed by atoms with E-state index in [2.05, 4.69) is 28.9 Å². The fourth-order valence-electron chi connectivity index (χ4n) is 6.01. The second-order valence-corrected chi connectivity index (χ2v) is 9.17. The van der Waals surface area contributed by atoms with E-state index in [0.717, 1.165) is 60.1 Å². The Bertz CT molecular complexity index is 1210. The first-order valence-corrected chi connectivity index (χ1v) is 11.9. The number of benzene rings is 1. The number of nitrogens with one attached hydrogen (secondary N) is 1. The molecule has 0 radical (unpaired) electrons. The second-order valence-electron chi connectivity index (χ2n) is 9.17. The predicted molar refractivity (Wildman–Crippen MR) is 130 cm³/mol. The molecule has 0 unspecified atom stereocenters. The van der Waals surface area contributed by atoms with Crippen LogP contribution in [0.1, 0.15) is 37.1 Å². The van der Waals surface area contributed by atoms with Crippen molar-refractivity contribution in [3.8, 4) is 16.9 Å². The highest BCUT2D eigenvalue weighted by molar-refractivity contribution is 5.97. The van der Waals surface area contributed by atoms with Gasteiger partial charge in [-0.1, -0.05) is 13.3 Å². The Morgan fingerprint density at radius 1 is 1.26 bits per heavy atom. The first-order valence-electron chi connectivity index (χ1n) is 11.9. The summed E-state index contributed by atoms with van der Waals surface area (Å²) in [6.45, 7) is 4.12. The fraction of sp³-hybridized carbons (Fsp3) is 0.444. The van der Waals surface area contributed by atoms with Gasteiger partial charge in [-0.25, -0.2) is 4.79 Å². The lowest BCUT2D eigenvalue weighted by Gasteiger charge is -2.46. The van der Waals surface area contributed by atoms with Crippen LogP contribution in [0.5, 0.6) is 5.75 Å². The zero-order valence-electron chi connectivity index (χ0n) is 20.2. The number of hydrogen-bond acceptors (Lipinski definition) is 6. The van der Waals surface area contributed by atoms with Crippen molar-refractivity contribution in [2.24, 2.45) is 11.8 Å². The SMILES string of the molecule is CC[C@@H]1CN2CCc3c([nH]c4ccc(-c5ccoc5)c(OC)c34)[C@@H]2C[C@@H]1/C(=C\OC)C(=O)OC.